The van der Waals surface area contributed by atoms with Crippen LogP contribution in [0.4, 0.5) is 18.9 Å². The highest BCUT2D eigenvalue weighted by Gasteiger charge is 2.16. The van der Waals surface area contributed by atoms with E-state index in [1.165, 1.54) is 0 Å². The molecule has 1 amide bonds. The smallest absolute Gasteiger partial charge is 0.238 e. The number of hydrogen-bond acceptors (Lipinski definition) is 4. The summed E-state index contributed by atoms with van der Waals surface area (Å²) in [6.07, 6.45) is 0.643. The van der Waals surface area contributed by atoms with Crippen molar-refractivity contribution in [3.8, 4) is 11.5 Å². The number of likely N-dealkylation sites (N-methyl/N-ethyl adjacent to an activating group) is 1. The fourth-order valence-corrected chi connectivity index (χ4v) is 2.49. The average molecular weight is 382 g/mol. The summed E-state index contributed by atoms with van der Waals surface area (Å²) in [5.41, 5.74) is 0.596. The number of hydrogen-bond donors (Lipinski definition) is 1. The molecule has 2 rings (SSSR count). The standard InChI is InChI=1S/C19H21F3N2O3/c1-24(9-8-12-4-7-15(26-2)16(10-12)27-3)11-17(25)23-14-6-5-13(20)18(21)19(14)22/h4-7,10H,8-9,11H2,1-3H3,(H,23,25). The molecule has 0 saturated heterocycles. The minimum Gasteiger partial charge on any atom is -0.493 e. The summed E-state index contributed by atoms with van der Waals surface area (Å²) in [7, 11) is 4.83. The van der Waals surface area contributed by atoms with E-state index in [2.05, 4.69) is 5.32 Å². The second-order valence-electron chi connectivity index (χ2n) is 5.95. The number of rotatable bonds is 8. The van der Waals surface area contributed by atoms with Crippen LogP contribution in [-0.2, 0) is 11.2 Å². The third-order valence-corrected chi connectivity index (χ3v) is 3.95. The van der Waals surface area contributed by atoms with Crippen molar-refractivity contribution >= 4 is 11.6 Å². The summed E-state index contributed by atoms with van der Waals surface area (Å²) in [5, 5.41) is 2.24. The Kier molecular flexibility index (Phi) is 7.06. The van der Waals surface area contributed by atoms with Crippen LogP contribution in [0.2, 0.25) is 0 Å². The van der Waals surface area contributed by atoms with Crippen molar-refractivity contribution in [2.24, 2.45) is 0 Å². The fourth-order valence-electron chi connectivity index (χ4n) is 2.49. The predicted molar refractivity (Wildman–Crippen MR) is 95.7 cm³/mol. The number of benzene rings is 2. The summed E-state index contributed by atoms with van der Waals surface area (Å²) in [6.45, 7) is 0.509. The maximum Gasteiger partial charge on any atom is 0.238 e. The maximum atomic E-state index is 13.6. The van der Waals surface area contributed by atoms with Crippen LogP contribution in [0, 0.1) is 17.5 Å². The van der Waals surface area contributed by atoms with E-state index in [1.54, 1.807) is 32.2 Å². The minimum absolute atomic E-state index is 0.0360. The van der Waals surface area contributed by atoms with E-state index in [-0.39, 0.29) is 6.54 Å². The van der Waals surface area contributed by atoms with Crippen LogP contribution in [0.1, 0.15) is 5.56 Å². The van der Waals surface area contributed by atoms with Crippen molar-refractivity contribution in [1.82, 2.24) is 4.90 Å². The van der Waals surface area contributed by atoms with Crippen molar-refractivity contribution in [1.29, 1.82) is 0 Å². The molecule has 5 nitrogen and oxygen atoms in total. The van der Waals surface area contributed by atoms with Gasteiger partial charge in [0, 0.05) is 6.54 Å². The van der Waals surface area contributed by atoms with E-state index in [1.807, 2.05) is 12.1 Å². The van der Waals surface area contributed by atoms with Crippen LogP contribution in [0.3, 0.4) is 0 Å². The van der Waals surface area contributed by atoms with Gasteiger partial charge in [0.15, 0.2) is 29.0 Å². The van der Waals surface area contributed by atoms with E-state index < -0.39 is 29.0 Å². The number of nitrogens with zero attached hydrogens (tertiary/aromatic N) is 1. The molecular formula is C19H21F3N2O3. The molecular weight excluding hydrogens is 361 g/mol. The number of carbonyl (C=O) groups excluding carboxylic acids is 1. The minimum atomic E-state index is -1.62. The van der Waals surface area contributed by atoms with Gasteiger partial charge in [0.2, 0.25) is 5.91 Å². The molecule has 1 N–H and O–H groups in total. The van der Waals surface area contributed by atoms with Gasteiger partial charge in [-0.3, -0.25) is 9.69 Å². The number of nitrogens with one attached hydrogen (secondary N) is 1. The molecule has 0 atom stereocenters. The van der Waals surface area contributed by atoms with Gasteiger partial charge in [0.05, 0.1) is 26.5 Å². The summed E-state index contributed by atoms with van der Waals surface area (Å²) >= 11 is 0. The van der Waals surface area contributed by atoms with Crippen LogP contribution < -0.4 is 14.8 Å². The number of amides is 1. The van der Waals surface area contributed by atoms with Gasteiger partial charge in [-0.1, -0.05) is 6.07 Å². The predicted octanol–water partition coefficient (Wildman–Crippen LogP) is 3.23. The third-order valence-electron chi connectivity index (χ3n) is 3.95. The molecule has 0 fully saturated rings. The maximum absolute atomic E-state index is 13.6. The second-order valence-corrected chi connectivity index (χ2v) is 5.95. The molecule has 0 spiro atoms. The molecule has 0 aliphatic rings. The molecule has 2 aromatic carbocycles. The van der Waals surface area contributed by atoms with Crippen LogP contribution in [0.25, 0.3) is 0 Å². The lowest BCUT2D eigenvalue weighted by atomic mass is 10.1. The van der Waals surface area contributed by atoms with Gasteiger partial charge < -0.3 is 14.8 Å². The van der Waals surface area contributed by atoms with Gasteiger partial charge in [-0.25, -0.2) is 13.2 Å². The largest absolute Gasteiger partial charge is 0.493 e. The normalized spacial score (nSPS) is 10.8. The zero-order chi connectivity index (χ0) is 20.0. The summed E-state index contributed by atoms with van der Waals surface area (Å²) < 4.78 is 50.1. The summed E-state index contributed by atoms with van der Waals surface area (Å²) in [5.74, 6) is -3.63. The quantitative estimate of drug-likeness (QED) is 0.713. The molecule has 146 valence electrons. The van der Waals surface area contributed by atoms with Gasteiger partial charge in [0.1, 0.15) is 0 Å². The Hall–Kier alpha value is -2.74. The van der Waals surface area contributed by atoms with Gasteiger partial charge in [-0.2, -0.15) is 0 Å². The lowest BCUT2D eigenvalue weighted by Gasteiger charge is -2.17. The van der Waals surface area contributed by atoms with Crippen molar-refractivity contribution in [2.45, 2.75) is 6.42 Å². The van der Waals surface area contributed by atoms with Crippen LogP contribution in [0.5, 0.6) is 11.5 Å². The number of ether oxygens (including phenoxy) is 2. The van der Waals surface area contributed by atoms with Crippen molar-refractivity contribution < 1.29 is 27.4 Å². The van der Waals surface area contributed by atoms with Gasteiger partial charge in [0.25, 0.3) is 0 Å². The van der Waals surface area contributed by atoms with E-state index in [4.69, 9.17) is 9.47 Å². The Morgan fingerprint density at radius 3 is 2.41 bits per heavy atom. The Bertz CT molecular complexity index is 815. The molecule has 0 saturated carbocycles. The average Bonchev–Trinajstić information content (AvgIpc) is 2.66. The van der Waals surface area contributed by atoms with Gasteiger partial charge in [-0.15, -0.1) is 0 Å². The topological polar surface area (TPSA) is 50.8 Å². The zero-order valence-electron chi connectivity index (χ0n) is 15.3. The van der Waals surface area contributed by atoms with E-state index in [0.29, 0.717) is 24.5 Å². The number of carbonyl (C=O) groups is 1. The Morgan fingerprint density at radius 1 is 1.04 bits per heavy atom. The monoisotopic (exact) mass is 382 g/mol. The lowest BCUT2D eigenvalue weighted by molar-refractivity contribution is -0.117. The molecule has 0 aliphatic heterocycles. The van der Waals surface area contributed by atoms with Gasteiger partial charge >= 0.3 is 0 Å². The van der Waals surface area contributed by atoms with E-state index in [0.717, 1.165) is 17.7 Å². The molecule has 0 aromatic heterocycles. The number of halogens is 3. The third kappa shape index (κ3) is 5.37. The first-order valence-corrected chi connectivity index (χ1v) is 8.18. The zero-order valence-corrected chi connectivity index (χ0v) is 15.3. The highest BCUT2D eigenvalue weighted by atomic mass is 19.2. The Labute approximate surface area is 155 Å². The second kappa shape index (κ2) is 9.27. The first-order chi connectivity index (χ1) is 12.8. The highest BCUT2D eigenvalue weighted by molar-refractivity contribution is 5.92. The SMILES string of the molecule is COc1ccc(CCN(C)CC(=O)Nc2ccc(F)c(F)c2F)cc1OC. The van der Waals surface area contributed by atoms with Crippen molar-refractivity contribution in [2.75, 3.05) is 39.7 Å². The summed E-state index contributed by atoms with van der Waals surface area (Å²) in [4.78, 5) is 13.7. The molecule has 0 bridgehead atoms. The molecule has 2 aromatic rings. The van der Waals surface area contributed by atoms with Crippen LogP contribution in [0.15, 0.2) is 30.3 Å². The van der Waals surface area contributed by atoms with Gasteiger partial charge in [-0.05, 0) is 43.3 Å². The van der Waals surface area contributed by atoms with E-state index in [9.17, 15) is 18.0 Å². The van der Waals surface area contributed by atoms with Crippen LogP contribution >= 0.6 is 0 Å². The molecule has 8 heteroatoms. The molecule has 0 radical (unpaired) electrons. The number of methoxy groups -OCH3 is 2. The molecule has 0 unspecified atom stereocenters. The Morgan fingerprint density at radius 2 is 1.74 bits per heavy atom. The molecule has 27 heavy (non-hydrogen) atoms. The van der Waals surface area contributed by atoms with Crippen LogP contribution in [-0.4, -0.2) is 45.2 Å². The first-order valence-electron chi connectivity index (χ1n) is 8.18. The lowest BCUT2D eigenvalue weighted by Crippen LogP contribution is -2.32. The van der Waals surface area contributed by atoms with Crippen molar-refractivity contribution in [3.05, 3.63) is 53.3 Å². The Balaban J connectivity index is 1.89. The van der Waals surface area contributed by atoms with E-state index >= 15 is 0 Å². The number of anilines is 1. The summed E-state index contributed by atoms with van der Waals surface area (Å²) in [6, 6.07) is 7.28. The first kappa shape index (κ1) is 20.6. The fraction of sp³-hybridized carbons (Fsp3) is 0.316. The molecule has 0 heterocycles. The molecule has 0 aliphatic carbocycles. The highest BCUT2D eigenvalue weighted by Crippen LogP contribution is 2.27. The van der Waals surface area contributed by atoms with Crippen molar-refractivity contribution in [3.63, 3.8) is 0 Å².